The summed E-state index contributed by atoms with van der Waals surface area (Å²) < 4.78 is 5.83. The minimum atomic E-state index is -0.849. The SMILES string of the molecule is Cc1ccc(C(O)CNC(=O)c2ccc(Cl)s2)o1. The van der Waals surface area contributed by atoms with Crippen molar-refractivity contribution >= 4 is 28.8 Å². The molecule has 2 aromatic heterocycles. The zero-order valence-corrected chi connectivity index (χ0v) is 11.2. The zero-order chi connectivity index (χ0) is 13.1. The van der Waals surface area contributed by atoms with Crippen LogP contribution in [-0.2, 0) is 0 Å². The third-order valence-electron chi connectivity index (χ3n) is 2.34. The van der Waals surface area contributed by atoms with Gasteiger partial charge in [0, 0.05) is 0 Å². The Morgan fingerprint density at radius 1 is 1.50 bits per heavy atom. The first-order valence-electron chi connectivity index (χ1n) is 5.34. The third kappa shape index (κ3) is 3.13. The number of rotatable bonds is 4. The van der Waals surface area contributed by atoms with E-state index in [1.54, 1.807) is 31.2 Å². The van der Waals surface area contributed by atoms with Gasteiger partial charge in [-0.05, 0) is 31.2 Å². The van der Waals surface area contributed by atoms with Gasteiger partial charge in [-0.1, -0.05) is 11.6 Å². The van der Waals surface area contributed by atoms with Gasteiger partial charge in [-0.3, -0.25) is 4.79 Å². The Bertz CT molecular complexity index is 549. The number of amides is 1. The van der Waals surface area contributed by atoms with Crippen molar-refractivity contribution in [3.8, 4) is 0 Å². The third-order valence-corrected chi connectivity index (χ3v) is 3.57. The molecule has 0 bridgehead atoms. The molecule has 2 heterocycles. The summed E-state index contributed by atoms with van der Waals surface area (Å²) in [5.41, 5.74) is 0. The largest absolute Gasteiger partial charge is 0.464 e. The summed E-state index contributed by atoms with van der Waals surface area (Å²) in [5.74, 6) is 0.909. The molecule has 0 fully saturated rings. The van der Waals surface area contributed by atoms with Crippen LogP contribution in [0.25, 0.3) is 0 Å². The molecular weight excluding hydrogens is 274 g/mol. The van der Waals surface area contributed by atoms with Gasteiger partial charge < -0.3 is 14.8 Å². The molecule has 4 nitrogen and oxygen atoms in total. The van der Waals surface area contributed by atoms with Crippen LogP contribution in [0.5, 0.6) is 0 Å². The summed E-state index contributed by atoms with van der Waals surface area (Å²) in [6.07, 6.45) is -0.849. The number of aliphatic hydroxyl groups is 1. The van der Waals surface area contributed by atoms with Gasteiger partial charge in [0.15, 0.2) is 0 Å². The summed E-state index contributed by atoms with van der Waals surface area (Å²) in [5, 5.41) is 12.4. The fourth-order valence-electron chi connectivity index (χ4n) is 1.45. The standard InChI is InChI=1S/C12H12ClNO3S/c1-7-2-3-9(17-7)8(15)6-14-12(16)10-4-5-11(13)18-10/h2-5,8,15H,6H2,1H3,(H,14,16). The molecule has 0 aliphatic rings. The molecule has 96 valence electrons. The van der Waals surface area contributed by atoms with Crippen LogP contribution in [0.1, 0.15) is 27.3 Å². The predicted octanol–water partition coefficient (Wildman–Crippen LogP) is 2.77. The van der Waals surface area contributed by atoms with Gasteiger partial charge >= 0.3 is 0 Å². The van der Waals surface area contributed by atoms with Crippen molar-refractivity contribution in [2.24, 2.45) is 0 Å². The molecule has 0 aliphatic heterocycles. The molecule has 1 unspecified atom stereocenters. The normalized spacial score (nSPS) is 12.4. The van der Waals surface area contributed by atoms with Gasteiger partial charge in [0.25, 0.3) is 5.91 Å². The van der Waals surface area contributed by atoms with Crippen molar-refractivity contribution in [1.29, 1.82) is 0 Å². The number of aliphatic hydroxyl groups excluding tert-OH is 1. The number of thiophene rings is 1. The van der Waals surface area contributed by atoms with Crippen molar-refractivity contribution in [3.05, 3.63) is 45.0 Å². The van der Waals surface area contributed by atoms with Gasteiger partial charge in [0.2, 0.25) is 0 Å². The fourth-order valence-corrected chi connectivity index (χ4v) is 2.41. The highest BCUT2D eigenvalue weighted by Crippen LogP contribution is 2.21. The maximum atomic E-state index is 11.7. The summed E-state index contributed by atoms with van der Waals surface area (Å²) in [6.45, 7) is 1.89. The monoisotopic (exact) mass is 285 g/mol. The summed E-state index contributed by atoms with van der Waals surface area (Å²) in [4.78, 5) is 12.2. The molecule has 0 radical (unpaired) electrons. The van der Waals surface area contributed by atoms with Gasteiger partial charge in [0.1, 0.15) is 17.6 Å². The van der Waals surface area contributed by atoms with Crippen LogP contribution in [0.3, 0.4) is 0 Å². The highest BCUT2D eigenvalue weighted by Gasteiger charge is 2.14. The Balaban J connectivity index is 1.90. The van der Waals surface area contributed by atoms with E-state index < -0.39 is 6.10 Å². The maximum absolute atomic E-state index is 11.7. The molecule has 2 rings (SSSR count). The number of furan rings is 1. The van der Waals surface area contributed by atoms with Crippen LogP contribution in [0, 0.1) is 6.92 Å². The van der Waals surface area contributed by atoms with Crippen molar-refractivity contribution in [1.82, 2.24) is 5.32 Å². The predicted molar refractivity (Wildman–Crippen MR) is 70.1 cm³/mol. The van der Waals surface area contributed by atoms with Gasteiger partial charge in [-0.25, -0.2) is 0 Å². The van der Waals surface area contributed by atoms with E-state index in [9.17, 15) is 9.90 Å². The minimum absolute atomic E-state index is 0.0985. The molecule has 0 spiro atoms. The first kappa shape index (κ1) is 13.1. The second-order valence-electron chi connectivity index (χ2n) is 3.78. The molecular formula is C12H12ClNO3S. The average molecular weight is 286 g/mol. The van der Waals surface area contributed by atoms with Crippen LogP contribution in [0.4, 0.5) is 0 Å². The van der Waals surface area contributed by atoms with Crippen LogP contribution < -0.4 is 5.32 Å². The Labute approximate surface area is 113 Å². The van der Waals surface area contributed by atoms with Crippen molar-refractivity contribution in [2.45, 2.75) is 13.0 Å². The Kier molecular flexibility index (Phi) is 4.06. The molecule has 0 aromatic carbocycles. The number of nitrogens with one attached hydrogen (secondary N) is 1. The highest BCUT2D eigenvalue weighted by molar-refractivity contribution is 7.17. The van der Waals surface area contributed by atoms with Crippen LogP contribution >= 0.6 is 22.9 Å². The summed E-state index contributed by atoms with van der Waals surface area (Å²) >= 11 is 6.94. The van der Waals surface area contributed by atoms with Gasteiger partial charge in [0.05, 0.1) is 15.8 Å². The second-order valence-corrected chi connectivity index (χ2v) is 5.49. The van der Waals surface area contributed by atoms with Crippen LogP contribution in [0.15, 0.2) is 28.7 Å². The lowest BCUT2D eigenvalue weighted by molar-refractivity contribution is 0.0904. The van der Waals surface area contributed by atoms with E-state index in [1.807, 2.05) is 0 Å². The zero-order valence-electron chi connectivity index (χ0n) is 9.64. The van der Waals surface area contributed by atoms with E-state index in [0.29, 0.717) is 15.0 Å². The molecule has 0 saturated heterocycles. The van der Waals surface area contributed by atoms with E-state index in [-0.39, 0.29) is 12.5 Å². The Hall–Kier alpha value is -1.30. The van der Waals surface area contributed by atoms with E-state index in [2.05, 4.69) is 5.32 Å². The molecule has 18 heavy (non-hydrogen) atoms. The highest BCUT2D eigenvalue weighted by atomic mass is 35.5. The van der Waals surface area contributed by atoms with Gasteiger partial charge in [-0.2, -0.15) is 0 Å². The number of aryl methyl sites for hydroxylation is 1. The molecule has 0 aliphatic carbocycles. The average Bonchev–Trinajstić information content (AvgIpc) is 2.94. The Morgan fingerprint density at radius 3 is 2.83 bits per heavy atom. The lowest BCUT2D eigenvalue weighted by Gasteiger charge is -2.08. The summed E-state index contributed by atoms with van der Waals surface area (Å²) in [7, 11) is 0. The molecule has 2 N–H and O–H groups in total. The number of hydrogen-bond donors (Lipinski definition) is 2. The second kappa shape index (κ2) is 5.56. The first-order valence-corrected chi connectivity index (χ1v) is 6.53. The number of carbonyl (C=O) groups excluding carboxylic acids is 1. The van der Waals surface area contributed by atoms with Crippen molar-refractivity contribution in [3.63, 3.8) is 0 Å². The van der Waals surface area contributed by atoms with Crippen molar-refractivity contribution < 1.29 is 14.3 Å². The van der Waals surface area contributed by atoms with E-state index in [4.69, 9.17) is 16.0 Å². The molecule has 1 amide bonds. The first-order chi connectivity index (χ1) is 8.56. The van der Waals surface area contributed by atoms with Gasteiger partial charge in [-0.15, -0.1) is 11.3 Å². The van der Waals surface area contributed by atoms with Crippen LogP contribution in [0.2, 0.25) is 4.34 Å². The number of carbonyl (C=O) groups is 1. The number of halogens is 1. The van der Waals surface area contributed by atoms with E-state index in [1.165, 1.54) is 11.3 Å². The van der Waals surface area contributed by atoms with Crippen LogP contribution in [-0.4, -0.2) is 17.6 Å². The van der Waals surface area contributed by atoms with E-state index in [0.717, 1.165) is 5.76 Å². The quantitative estimate of drug-likeness (QED) is 0.908. The Morgan fingerprint density at radius 2 is 2.28 bits per heavy atom. The molecule has 0 saturated carbocycles. The smallest absolute Gasteiger partial charge is 0.261 e. The lowest BCUT2D eigenvalue weighted by atomic mass is 10.2. The molecule has 1 atom stereocenters. The van der Waals surface area contributed by atoms with Crippen molar-refractivity contribution in [2.75, 3.05) is 6.54 Å². The number of hydrogen-bond acceptors (Lipinski definition) is 4. The molecule has 2 aromatic rings. The lowest BCUT2D eigenvalue weighted by Crippen LogP contribution is -2.27. The fraction of sp³-hybridized carbons (Fsp3) is 0.250. The minimum Gasteiger partial charge on any atom is -0.464 e. The topological polar surface area (TPSA) is 62.5 Å². The van der Waals surface area contributed by atoms with E-state index >= 15 is 0 Å². The summed E-state index contributed by atoms with van der Waals surface area (Å²) in [6, 6.07) is 6.76. The molecule has 6 heteroatoms. The maximum Gasteiger partial charge on any atom is 0.261 e.